The molecule has 0 aromatic heterocycles. The van der Waals surface area contributed by atoms with Gasteiger partial charge in [-0.1, -0.05) is 30.7 Å². The van der Waals surface area contributed by atoms with Crippen LogP contribution in [0.1, 0.15) is 16.7 Å². The normalized spacial score (nSPS) is 9.39. The SMILES string of the molecule is O=C(O)Cc1ccccc1CC[c-]1cccc1.[Fe+2].c1cc[cH-]c1. The Hall–Kier alpha value is -2.09. The minimum absolute atomic E-state index is 0. The van der Waals surface area contributed by atoms with E-state index >= 15 is 0 Å². The second-order valence-electron chi connectivity index (χ2n) is 5.09. The Bertz CT molecular complexity index is 638. The van der Waals surface area contributed by atoms with Crippen LogP contribution in [0.25, 0.3) is 0 Å². The molecule has 2 nitrogen and oxygen atoms in total. The summed E-state index contributed by atoms with van der Waals surface area (Å²) < 4.78 is 0. The van der Waals surface area contributed by atoms with Crippen molar-refractivity contribution in [3.8, 4) is 0 Å². The van der Waals surface area contributed by atoms with Crippen molar-refractivity contribution in [2.24, 2.45) is 0 Å². The number of rotatable bonds is 5. The molecule has 0 aliphatic rings. The van der Waals surface area contributed by atoms with E-state index in [2.05, 4.69) is 12.1 Å². The van der Waals surface area contributed by atoms with Crippen molar-refractivity contribution >= 4 is 5.97 Å². The number of hydrogen-bond acceptors (Lipinski definition) is 1. The summed E-state index contributed by atoms with van der Waals surface area (Å²) in [7, 11) is 0. The second-order valence-corrected chi connectivity index (χ2v) is 5.09. The zero-order valence-electron chi connectivity index (χ0n) is 12.8. The van der Waals surface area contributed by atoms with Crippen LogP contribution < -0.4 is 0 Å². The first-order chi connectivity index (χ1) is 10.8. The Morgan fingerprint density at radius 3 is 2.09 bits per heavy atom. The number of carbonyl (C=O) groups is 1. The summed E-state index contributed by atoms with van der Waals surface area (Å²) in [5.41, 5.74) is 3.36. The van der Waals surface area contributed by atoms with Gasteiger partial charge in [-0.2, -0.15) is 35.9 Å². The number of carboxylic acids is 1. The molecule has 1 N–H and O–H groups in total. The number of aryl methyl sites for hydroxylation is 2. The number of hydrogen-bond donors (Lipinski definition) is 1. The molecule has 0 fully saturated rings. The summed E-state index contributed by atoms with van der Waals surface area (Å²) in [5.74, 6) is -0.772. The maximum absolute atomic E-state index is 10.8. The molecule has 0 heterocycles. The first-order valence-electron chi connectivity index (χ1n) is 7.41. The molecule has 0 atom stereocenters. The average Bonchev–Trinajstić information content (AvgIpc) is 3.22. The zero-order valence-corrected chi connectivity index (χ0v) is 13.9. The fraction of sp³-hybridized carbons (Fsp3) is 0.150. The maximum atomic E-state index is 10.8. The van der Waals surface area contributed by atoms with Crippen LogP contribution in [0.3, 0.4) is 0 Å². The Morgan fingerprint density at radius 2 is 1.57 bits per heavy atom. The van der Waals surface area contributed by atoms with E-state index in [0.717, 1.165) is 24.0 Å². The van der Waals surface area contributed by atoms with E-state index in [-0.39, 0.29) is 23.5 Å². The van der Waals surface area contributed by atoms with Gasteiger partial charge < -0.3 is 5.11 Å². The summed E-state index contributed by atoms with van der Waals surface area (Å²) in [4.78, 5) is 10.8. The van der Waals surface area contributed by atoms with Crippen LogP contribution in [0.2, 0.25) is 0 Å². The van der Waals surface area contributed by atoms with Crippen molar-refractivity contribution in [1.29, 1.82) is 0 Å². The third kappa shape index (κ3) is 7.14. The maximum Gasteiger partial charge on any atom is 2.00 e. The van der Waals surface area contributed by atoms with Crippen LogP contribution in [-0.4, -0.2) is 11.1 Å². The van der Waals surface area contributed by atoms with E-state index in [9.17, 15) is 4.79 Å². The smallest absolute Gasteiger partial charge is 0.481 e. The fourth-order valence-electron chi connectivity index (χ4n) is 2.32. The first kappa shape index (κ1) is 19.0. The topological polar surface area (TPSA) is 37.3 Å². The summed E-state index contributed by atoms with van der Waals surface area (Å²) in [6.07, 6.45) is 1.97. The van der Waals surface area contributed by atoms with Crippen molar-refractivity contribution in [2.45, 2.75) is 19.3 Å². The van der Waals surface area contributed by atoms with Gasteiger partial charge >= 0.3 is 23.0 Å². The van der Waals surface area contributed by atoms with Gasteiger partial charge in [0.25, 0.3) is 0 Å². The molecule has 0 bridgehead atoms. The minimum Gasteiger partial charge on any atom is -0.481 e. The molecular formula is C20H20FeO2. The Balaban J connectivity index is 0.000000377. The zero-order chi connectivity index (χ0) is 15.6. The molecule has 3 heteroatoms. The third-order valence-corrected chi connectivity index (χ3v) is 3.43. The van der Waals surface area contributed by atoms with Crippen LogP contribution in [0.4, 0.5) is 0 Å². The standard InChI is InChI=1S/C15H15O2.C5H5.Fe/c16-15(17)11-14-8-4-3-7-13(14)10-9-12-5-1-2-6-12;1-2-4-5-3-1;/h1-8H,9-11H2,(H,16,17);1-5H;/q2*-1;+2. The predicted octanol–water partition coefficient (Wildman–Crippen LogP) is 4.22. The van der Waals surface area contributed by atoms with Gasteiger partial charge in [-0.25, -0.2) is 24.3 Å². The molecule has 0 aliphatic heterocycles. The van der Waals surface area contributed by atoms with Crippen LogP contribution in [0.5, 0.6) is 0 Å². The summed E-state index contributed by atoms with van der Waals surface area (Å²) in [6.45, 7) is 0. The fourth-order valence-corrected chi connectivity index (χ4v) is 2.32. The van der Waals surface area contributed by atoms with E-state index < -0.39 is 5.97 Å². The van der Waals surface area contributed by atoms with E-state index in [4.69, 9.17) is 5.11 Å². The Kier molecular flexibility index (Phi) is 8.74. The van der Waals surface area contributed by atoms with Crippen molar-refractivity contribution in [3.63, 3.8) is 0 Å². The summed E-state index contributed by atoms with van der Waals surface area (Å²) >= 11 is 0. The van der Waals surface area contributed by atoms with Gasteiger partial charge in [-0.3, -0.25) is 4.79 Å². The molecule has 23 heavy (non-hydrogen) atoms. The molecule has 0 aliphatic carbocycles. The van der Waals surface area contributed by atoms with Gasteiger partial charge in [0, 0.05) is 0 Å². The number of aliphatic carboxylic acids is 1. The van der Waals surface area contributed by atoms with E-state index in [0.29, 0.717) is 0 Å². The van der Waals surface area contributed by atoms with Gasteiger partial charge in [0.15, 0.2) is 0 Å². The number of carboxylic acid groups (broad SMARTS) is 1. The van der Waals surface area contributed by atoms with E-state index in [1.807, 2.05) is 66.7 Å². The number of benzene rings is 1. The largest absolute Gasteiger partial charge is 2.00 e. The van der Waals surface area contributed by atoms with Crippen molar-refractivity contribution in [2.75, 3.05) is 0 Å². The van der Waals surface area contributed by atoms with E-state index in [1.165, 1.54) is 5.56 Å². The molecular weight excluding hydrogens is 328 g/mol. The Labute approximate surface area is 148 Å². The molecule has 3 aromatic carbocycles. The second kappa shape index (κ2) is 10.6. The van der Waals surface area contributed by atoms with Gasteiger partial charge in [0.05, 0.1) is 6.42 Å². The molecule has 0 saturated heterocycles. The van der Waals surface area contributed by atoms with E-state index in [1.54, 1.807) is 0 Å². The van der Waals surface area contributed by atoms with Gasteiger partial charge in [0.1, 0.15) is 0 Å². The van der Waals surface area contributed by atoms with Crippen LogP contribution in [-0.2, 0) is 41.1 Å². The molecule has 0 saturated carbocycles. The van der Waals surface area contributed by atoms with Crippen molar-refractivity contribution in [3.05, 3.63) is 95.6 Å². The van der Waals surface area contributed by atoms with Crippen LogP contribution in [0, 0.1) is 0 Å². The summed E-state index contributed by atoms with van der Waals surface area (Å²) in [5, 5.41) is 8.84. The molecule has 3 rings (SSSR count). The van der Waals surface area contributed by atoms with Gasteiger partial charge in [-0.15, -0.1) is 0 Å². The predicted molar refractivity (Wildman–Crippen MR) is 89.3 cm³/mol. The van der Waals surface area contributed by atoms with Crippen molar-refractivity contribution < 1.29 is 27.0 Å². The van der Waals surface area contributed by atoms with Crippen LogP contribution in [0.15, 0.2) is 78.9 Å². The van der Waals surface area contributed by atoms with Crippen molar-refractivity contribution in [1.82, 2.24) is 0 Å². The summed E-state index contributed by atoms with van der Waals surface area (Å²) in [6, 6.07) is 26.0. The molecule has 0 spiro atoms. The molecule has 0 amide bonds. The molecule has 0 radical (unpaired) electrons. The third-order valence-electron chi connectivity index (χ3n) is 3.43. The van der Waals surface area contributed by atoms with Crippen LogP contribution >= 0.6 is 0 Å². The molecule has 0 unspecified atom stereocenters. The minimum atomic E-state index is -0.772. The van der Waals surface area contributed by atoms with Gasteiger partial charge in [-0.05, 0) is 17.5 Å². The monoisotopic (exact) mass is 348 g/mol. The molecule has 3 aromatic rings. The quantitative estimate of drug-likeness (QED) is 0.554. The average molecular weight is 348 g/mol. The van der Waals surface area contributed by atoms with Gasteiger partial charge in [0.2, 0.25) is 0 Å². The first-order valence-corrected chi connectivity index (χ1v) is 7.41. The molecule has 120 valence electrons. The Morgan fingerprint density at radius 1 is 0.957 bits per heavy atom.